The first-order valence-electron chi connectivity index (χ1n) is 10.1. The van der Waals surface area contributed by atoms with Gasteiger partial charge in [-0.2, -0.15) is 0 Å². The maximum atomic E-state index is 12.6. The van der Waals surface area contributed by atoms with Crippen LogP contribution in [0.15, 0.2) is 76.2 Å². The summed E-state index contributed by atoms with van der Waals surface area (Å²) in [5, 5.41) is 2.89. The molecule has 170 valence electrons. The summed E-state index contributed by atoms with van der Waals surface area (Å²) in [6.45, 7) is 2.73. The standard InChI is InChI=1S/C23H27N3O5S/c1-4-30-19-11-13-20(14-12-19)32(28,29)25-18-9-7-17(8-10-18)23(27)24-16-21(26(2)3)22-6-5-15-31-22/h5-15,21,25H,4,16H2,1-3H3,(H,24,27)/t21-/m1/s1. The van der Waals surface area contributed by atoms with Crippen molar-refractivity contribution in [3.63, 3.8) is 0 Å². The van der Waals surface area contributed by atoms with Crippen LogP contribution < -0.4 is 14.8 Å². The maximum Gasteiger partial charge on any atom is 0.261 e. The van der Waals surface area contributed by atoms with E-state index in [4.69, 9.17) is 9.15 Å². The molecule has 3 aromatic rings. The maximum absolute atomic E-state index is 12.6. The summed E-state index contributed by atoms with van der Waals surface area (Å²) in [7, 11) is 0.0584. The number of carbonyl (C=O) groups is 1. The number of likely N-dealkylation sites (N-methyl/N-ethyl adjacent to an activating group) is 1. The molecule has 0 unspecified atom stereocenters. The Morgan fingerprint density at radius 3 is 2.31 bits per heavy atom. The van der Waals surface area contributed by atoms with Crippen LogP contribution in [0.1, 0.15) is 29.1 Å². The average Bonchev–Trinajstić information content (AvgIpc) is 3.29. The molecule has 0 radical (unpaired) electrons. The molecule has 0 bridgehead atoms. The Bertz CT molecular complexity index is 1110. The van der Waals surface area contributed by atoms with Crippen LogP contribution in [0.4, 0.5) is 5.69 Å². The summed E-state index contributed by atoms with van der Waals surface area (Å²) in [4.78, 5) is 14.6. The highest BCUT2D eigenvalue weighted by molar-refractivity contribution is 7.92. The van der Waals surface area contributed by atoms with E-state index >= 15 is 0 Å². The van der Waals surface area contributed by atoms with Gasteiger partial charge in [-0.05, 0) is 81.7 Å². The molecule has 0 aliphatic heterocycles. The molecule has 0 aliphatic carbocycles. The van der Waals surface area contributed by atoms with Crippen molar-refractivity contribution in [1.82, 2.24) is 10.2 Å². The highest BCUT2D eigenvalue weighted by Crippen LogP contribution is 2.20. The molecule has 1 amide bonds. The van der Waals surface area contributed by atoms with E-state index in [2.05, 4.69) is 10.0 Å². The van der Waals surface area contributed by atoms with Crippen LogP contribution in [-0.4, -0.2) is 46.5 Å². The first kappa shape index (κ1) is 23.4. The lowest BCUT2D eigenvalue weighted by Crippen LogP contribution is -2.34. The van der Waals surface area contributed by atoms with Gasteiger partial charge in [0.25, 0.3) is 15.9 Å². The molecule has 1 atom stereocenters. The van der Waals surface area contributed by atoms with Gasteiger partial charge in [0.15, 0.2) is 0 Å². The SMILES string of the molecule is CCOc1ccc(S(=O)(=O)Nc2ccc(C(=O)NC[C@H](c3ccco3)N(C)C)cc2)cc1. The summed E-state index contributed by atoms with van der Waals surface area (Å²) in [5.74, 6) is 1.10. The second kappa shape index (κ2) is 10.3. The number of amides is 1. The van der Waals surface area contributed by atoms with Gasteiger partial charge in [0, 0.05) is 17.8 Å². The fourth-order valence-corrected chi connectivity index (χ4v) is 4.15. The minimum absolute atomic E-state index is 0.103. The molecule has 8 nitrogen and oxygen atoms in total. The minimum Gasteiger partial charge on any atom is -0.494 e. The summed E-state index contributed by atoms with van der Waals surface area (Å²) < 4.78 is 38.5. The van der Waals surface area contributed by atoms with Gasteiger partial charge in [-0.1, -0.05) is 0 Å². The summed E-state index contributed by atoms with van der Waals surface area (Å²) in [6, 6.07) is 16.0. The molecule has 2 N–H and O–H groups in total. The number of furan rings is 1. The van der Waals surface area contributed by atoms with Crippen LogP contribution in [-0.2, 0) is 10.0 Å². The zero-order chi connectivity index (χ0) is 23.1. The molecule has 0 fully saturated rings. The van der Waals surface area contributed by atoms with Crippen LogP contribution in [0, 0.1) is 0 Å². The molecule has 3 rings (SSSR count). The first-order valence-corrected chi connectivity index (χ1v) is 11.6. The predicted molar refractivity (Wildman–Crippen MR) is 122 cm³/mol. The summed E-state index contributed by atoms with van der Waals surface area (Å²) in [5.41, 5.74) is 0.781. The largest absolute Gasteiger partial charge is 0.494 e. The fraction of sp³-hybridized carbons (Fsp3) is 0.261. The van der Waals surface area contributed by atoms with Crippen molar-refractivity contribution in [2.75, 3.05) is 32.0 Å². The van der Waals surface area contributed by atoms with Crippen molar-refractivity contribution in [3.8, 4) is 5.75 Å². The summed E-state index contributed by atoms with van der Waals surface area (Å²) >= 11 is 0. The molecule has 32 heavy (non-hydrogen) atoms. The molecular weight excluding hydrogens is 430 g/mol. The van der Waals surface area contributed by atoms with Gasteiger partial charge in [0.05, 0.1) is 23.8 Å². The minimum atomic E-state index is -3.76. The molecular formula is C23H27N3O5S. The lowest BCUT2D eigenvalue weighted by Gasteiger charge is -2.22. The van der Waals surface area contributed by atoms with Gasteiger partial charge in [0.2, 0.25) is 0 Å². The smallest absolute Gasteiger partial charge is 0.261 e. The Morgan fingerprint density at radius 1 is 1.06 bits per heavy atom. The zero-order valence-corrected chi connectivity index (χ0v) is 19.1. The molecule has 0 saturated heterocycles. The van der Waals surface area contributed by atoms with Gasteiger partial charge < -0.3 is 14.5 Å². The van der Waals surface area contributed by atoms with Crippen LogP contribution in [0.25, 0.3) is 0 Å². The van der Waals surface area contributed by atoms with Gasteiger partial charge in [0.1, 0.15) is 11.5 Å². The Labute approximate surface area is 188 Å². The van der Waals surface area contributed by atoms with Crippen LogP contribution in [0.3, 0.4) is 0 Å². The van der Waals surface area contributed by atoms with Crippen LogP contribution in [0.2, 0.25) is 0 Å². The predicted octanol–water partition coefficient (Wildman–Crippen LogP) is 3.51. The number of nitrogens with zero attached hydrogens (tertiary/aromatic N) is 1. The van der Waals surface area contributed by atoms with E-state index in [-0.39, 0.29) is 16.8 Å². The number of hydrogen-bond donors (Lipinski definition) is 2. The van der Waals surface area contributed by atoms with E-state index in [9.17, 15) is 13.2 Å². The Morgan fingerprint density at radius 2 is 1.75 bits per heavy atom. The number of hydrogen-bond acceptors (Lipinski definition) is 6. The number of benzene rings is 2. The molecule has 0 spiro atoms. The van der Waals surface area contributed by atoms with E-state index in [1.165, 1.54) is 12.1 Å². The Balaban J connectivity index is 1.62. The van der Waals surface area contributed by atoms with E-state index in [0.717, 1.165) is 5.76 Å². The van der Waals surface area contributed by atoms with Gasteiger partial charge in [-0.25, -0.2) is 8.42 Å². The third-order valence-electron chi connectivity index (χ3n) is 4.80. The molecule has 0 saturated carbocycles. The van der Waals surface area contributed by atoms with Gasteiger partial charge in [-0.3, -0.25) is 14.4 Å². The van der Waals surface area contributed by atoms with E-state index in [1.54, 1.807) is 48.7 Å². The number of nitrogens with one attached hydrogen (secondary N) is 2. The van der Waals surface area contributed by atoms with Gasteiger partial charge in [-0.15, -0.1) is 0 Å². The van der Waals surface area contributed by atoms with Crippen LogP contribution >= 0.6 is 0 Å². The van der Waals surface area contributed by atoms with Crippen LogP contribution in [0.5, 0.6) is 5.75 Å². The van der Waals surface area contributed by atoms with E-state index in [0.29, 0.717) is 30.2 Å². The van der Waals surface area contributed by atoms with Crippen molar-refractivity contribution in [1.29, 1.82) is 0 Å². The topological polar surface area (TPSA) is 101 Å². The number of carbonyl (C=O) groups excluding carboxylic acids is 1. The molecule has 9 heteroatoms. The lowest BCUT2D eigenvalue weighted by molar-refractivity contribution is 0.0939. The normalized spacial score (nSPS) is 12.4. The molecule has 1 aromatic heterocycles. The number of anilines is 1. The molecule has 2 aromatic carbocycles. The Kier molecular flexibility index (Phi) is 7.55. The molecule has 1 heterocycles. The highest BCUT2D eigenvalue weighted by Gasteiger charge is 2.19. The third kappa shape index (κ3) is 5.89. The highest BCUT2D eigenvalue weighted by atomic mass is 32.2. The van der Waals surface area contributed by atoms with Crippen molar-refractivity contribution < 1.29 is 22.4 Å². The van der Waals surface area contributed by atoms with E-state index < -0.39 is 10.0 Å². The van der Waals surface area contributed by atoms with E-state index in [1.807, 2.05) is 32.0 Å². The quantitative estimate of drug-likeness (QED) is 0.483. The lowest BCUT2D eigenvalue weighted by atomic mass is 10.1. The number of ether oxygens (including phenoxy) is 1. The average molecular weight is 458 g/mol. The van der Waals surface area contributed by atoms with Crippen molar-refractivity contribution in [2.45, 2.75) is 17.9 Å². The van der Waals surface area contributed by atoms with Crippen molar-refractivity contribution in [3.05, 3.63) is 78.3 Å². The number of sulfonamides is 1. The zero-order valence-electron chi connectivity index (χ0n) is 18.2. The van der Waals surface area contributed by atoms with Crippen molar-refractivity contribution >= 4 is 21.6 Å². The molecule has 0 aliphatic rings. The summed E-state index contributed by atoms with van der Waals surface area (Å²) in [6.07, 6.45) is 1.60. The fourth-order valence-electron chi connectivity index (χ4n) is 3.10. The third-order valence-corrected chi connectivity index (χ3v) is 6.19. The first-order chi connectivity index (χ1) is 15.3. The Hall–Kier alpha value is -3.30. The van der Waals surface area contributed by atoms with Crippen molar-refractivity contribution in [2.24, 2.45) is 0 Å². The second-order valence-electron chi connectivity index (χ2n) is 7.29. The van der Waals surface area contributed by atoms with Gasteiger partial charge >= 0.3 is 0 Å². The monoisotopic (exact) mass is 457 g/mol. The second-order valence-corrected chi connectivity index (χ2v) is 8.97. The number of rotatable bonds is 10.